The molecular formula is C22H23N3O3. The number of hydrogen-bond donors (Lipinski definition) is 1. The number of rotatable bonds is 8. The highest BCUT2D eigenvalue weighted by Crippen LogP contribution is 2.23. The number of amides is 1. The van der Waals surface area contributed by atoms with Crippen LogP contribution in [0.5, 0.6) is 0 Å². The zero-order valence-electron chi connectivity index (χ0n) is 15.8. The monoisotopic (exact) mass is 377 g/mol. The van der Waals surface area contributed by atoms with E-state index in [4.69, 9.17) is 9.84 Å². The molecule has 0 fully saturated rings. The largest absolute Gasteiger partial charge is 0.466 e. The predicted molar refractivity (Wildman–Crippen MR) is 107 cm³/mol. The van der Waals surface area contributed by atoms with E-state index in [-0.39, 0.29) is 24.7 Å². The first-order valence-corrected chi connectivity index (χ1v) is 9.29. The van der Waals surface area contributed by atoms with Gasteiger partial charge in [0.2, 0.25) is 5.91 Å². The third-order valence-corrected chi connectivity index (χ3v) is 4.20. The number of nitrogens with zero attached hydrogens (tertiary/aromatic N) is 2. The number of benzene rings is 2. The molecule has 0 aliphatic heterocycles. The van der Waals surface area contributed by atoms with Gasteiger partial charge in [-0.3, -0.25) is 9.59 Å². The summed E-state index contributed by atoms with van der Waals surface area (Å²) < 4.78 is 6.66. The van der Waals surface area contributed by atoms with Crippen LogP contribution in [0.3, 0.4) is 0 Å². The summed E-state index contributed by atoms with van der Waals surface area (Å²) in [4.78, 5) is 23.5. The minimum atomic E-state index is -0.362. The van der Waals surface area contributed by atoms with Crippen LogP contribution in [-0.4, -0.2) is 28.3 Å². The molecule has 0 radical (unpaired) electrons. The van der Waals surface area contributed by atoms with E-state index in [1.54, 1.807) is 6.92 Å². The molecule has 0 aliphatic rings. The lowest BCUT2D eigenvalue weighted by Crippen LogP contribution is -2.23. The van der Waals surface area contributed by atoms with Gasteiger partial charge >= 0.3 is 5.97 Å². The van der Waals surface area contributed by atoms with E-state index in [2.05, 4.69) is 5.32 Å². The summed E-state index contributed by atoms with van der Waals surface area (Å²) in [7, 11) is 0. The fraction of sp³-hybridized carbons (Fsp3) is 0.227. The van der Waals surface area contributed by atoms with Crippen molar-refractivity contribution in [3.63, 3.8) is 0 Å². The molecule has 0 saturated heterocycles. The normalized spacial score (nSPS) is 10.5. The van der Waals surface area contributed by atoms with E-state index in [1.807, 2.05) is 71.5 Å². The average Bonchev–Trinajstić information content (AvgIpc) is 3.16. The van der Waals surface area contributed by atoms with Crippen LogP contribution in [0.1, 0.15) is 25.3 Å². The van der Waals surface area contributed by atoms with Gasteiger partial charge in [-0.25, -0.2) is 4.68 Å². The fourth-order valence-corrected chi connectivity index (χ4v) is 2.82. The van der Waals surface area contributed by atoms with Crippen LogP contribution in [0.15, 0.2) is 66.9 Å². The molecule has 1 aromatic heterocycles. The number of hydrogen-bond acceptors (Lipinski definition) is 4. The zero-order valence-corrected chi connectivity index (χ0v) is 15.8. The van der Waals surface area contributed by atoms with Crippen molar-refractivity contribution in [1.82, 2.24) is 15.1 Å². The number of para-hydroxylation sites is 1. The second-order valence-electron chi connectivity index (χ2n) is 6.23. The fourth-order valence-electron chi connectivity index (χ4n) is 2.82. The van der Waals surface area contributed by atoms with Crippen LogP contribution in [0, 0.1) is 0 Å². The molecule has 6 heteroatoms. The quantitative estimate of drug-likeness (QED) is 0.610. The maximum Gasteiger partial charge on any atom is 0.306 e. The molecule has 0 bridgehead atoms. The molecule has 0 aliphatic carbocycles. The van der Waals surface area contributed by atoms with Crippen molar-refractivity contribution in [2.45, 2.75) is 26.3 Å². The Kier molecular flexibility index (Phi) is 6.57. The molecule has 3 aromatic rings. The minimum Gasteiger partial charge on any atom is -0.466 e. The average molecular weight is 377 g/mol. The molecule has 1 N–H and O–H groups in total. The van der Waals surface area contributed by atoms with Crippen molar-refractivity contribution in [1.29, 1.82) is 0 Å². The first-order chi connectivity index (χ1) is 13.7. The lowest BCUT2D eigenvalue weighted by atomic mass is 10.1. The van der Waals surface area contributed by atoms with Crippen molar-refractivity contribution < 1.29 is 14.3 Å². The molecule has 2 aromatic carbocycles. The van der Waals surface area contributed by atoms with Crippen molar-refractivity contribution in [3.8, 4) is 16.9 Å². The van der Waals surface area contributed by atoms with Gasteiger partial charge in [0.05, 0.1) is 24.4 Å². The topological polar surface area (TPSA) is 73.2 Å². The third kappa shape index (κ3) is 5.07. The molecule has 1 heterocycles. The number of carbonyl (C=O) groups is 2. The Balaban J connectivity index is 1.75. The molecule has 0 saturated carbocycles. The minimum absolute atomic E-state index is 0.0779. The van der Waals surface area contributed by atoms with E-state index in [9.17, 15) is 9.59 Å². The Morgan fingerprint density at radius 2 is 1.68 bits per heavy atom. The molecule has 0 spiro atoms. The van der Waals surface area contributed by atoms with Gasteiger partial charge in [0.1, 0.15) is 0 Å². The van der Waals surface area contributed by atoms with Gasteiger partial charge in [-0.2, -0.15) is 5.10 Å². The SMILES string of the molecule is CCOC(=O)CCC(=O)NCc1cn(-c2ccccc2)nc1-c1ccccc1. The second kappa shape index (κ2) is 9.50. The zero-order chi connectivity index (χ0) is 19.8. The van der Waals surface area contributed by atoms with Gasteiger partial charge in [0.15, 0.2) is 0 Å². The molecule has 28 heavy (non-hydrogen) atoms. The highest BCUT2D eigenvalue weighted by molar-refractivity contribution is 5.81. The van der Waals surface area contributed by atoms with E-state index in [1.165, 1.54) is 0 Å². The summed E-state index contributed by atoms with van der Waals surface area (Å²) in [5.74, 6) is -0.556. The summed E-state index contributed by atoms with van der Waals surface area (Å²) >= 11 is 0. The molecule has 6 nitrogen and oxygen atoms in total. The molecule has 144 valence electrons. The summed E-state index contributed by atoms with van der Waals surface area (Å²) in [6, 6.07) is 19.7. The Hall–Kier alpha value is -3.41. The smallest absolute Gasteiger partial charge is 0.306 e. The molecule has 3 rings (SSSR count). The van der Waals surface area contributed by atoms with Gasteiger partial charge in [0.25, 0.3) is 0 Å². The van der Waals surface area contributed by atoms with Crippen LogP contribution in [0.2, 0.25) is 0 Å². The molecule has 0 atom stereocenters. The maximum absolute atomic E-state index is 12.1. The number of carbonyl (C=O) groups excluding carboxylic acids is 2. The Bertz CT molecular complexity index is 921. The van der Waals surface area contributed by atoms with Crippen LogP contribution < -0.4 is 5.32 Å². The number of nitrogens with one attached hydrogen (secondary N) is 1. The van der Waals surface area contributed by atoms with Gasteiger partial charge in [0, 0.05) is 30.3 Å². The first-order valence-electron chi connectivity index (χ1n) is 9.29. The van der Waals surface area contributed by atoms with Gasteiger partial charge in [-0.1, -0.05) is 48.5 Å². The highest BCUT2D eigenvalue weighted by atomic mass is 16.5. The van der Waals surface area contributed by atoms with Crippen molar-refractivity contribution in [2.75, 3.05) is 6.61 Å². The third-order valence-electron chi connectivity index (χ3n) is 4.20. The second-order valence-corrected chi connectivity index (χ2v) is 6.23. The summed E-state index contributed by atoms with van der Waals surface area (Å²) in [5.41, 5.74) is 3.64. The summed E-state index contributed by atoms with van der Waals surface area (Å²) in [5, 5.41) is 7.59. The number of esters is 1. The standard InChI is InChI=1S/C22H23N3O3/c1-2-28-21(27)14-13-20(26)23-15-18-16-25(19-11-7-4-8-12-19)24-22(18)17-9-5-3-6-10-17/h3-12,16H,2,13-15H2,1H3,(H,23,26). The van der Waals surface area contributed by atoms with Crippen LogP contribution in [0.4, 0.5) is 0 Å². The van der Waals surface area contributed by atoms with Gasteiger partial charge in [-0.05, 0) is 19.1 Å². The van der Waals surface area contributed by atoms with Gasteiger partial charge in [-0.15, -0.1) is 0 Å². The van der Waals surface area contributed by atoms with Crippen LogP contribution >= 0.6 is 0 Å². The molecule has 0 unspecified atom stereocenters. The molecule has 1 amide bonds. The van der Waals surface area contributed by atoms with E-state index in [0.29, 0.717) is 13.2 Å². The van der Waals surface area contributed by atoms with Crippen LogP contribution in [0.25, 0.3) is 16.9 Å². The van der Waals surface area contributed by atoms with E-state index < -0.39 is 0 Å². The lowest BCUT2D eigenvalue weighted by Gasteiger charge is -2.06. The predicted octanol–water partition coefficient (Wildman–Crippen LogP) is 3.50. The first kappa shape index (κ1) is 19.4. The Morgan fingerprint density at radius 1 is 1.00 bits per heavy atom. The summed E-state index contributed by atoms with van der Waals surface area (Å²) in [6.45, 7) is 2.39. The number of ether oxygens (including phenoxy) is 1. The maximum atomic E-state index is 12.1. The van der Waals surface area contributed by atoms with Gasteiger partial charge < -0.3 is 10.1 Å². The lowest BCUT2D eigenvalue weighted by molar-refractivity contribution is -0.144. The van der Waals surface area contributed by atoms with Crippen molar-refractivity contribution in [3.05, 3.63) is 72.4 Å². The Labute approximate surface area is 164 Å². The van der Waals surface area contributed by atoms with E-state index in [0.717, 1.165) is 22.5 Å². The van der Waals surface area contributed by atoms with E-state index >= 15 is 0 Å². The highest BCUT2D eigenvalue weighted by Gasteiger charge is 2.14. The number of aromatic nitrogens is 2. The van der Waals surface area contributed by atoms with Crippen molar-refractivity contribution in [2.24, 2.45) is 0 Å². The summed E-state index contributed by atoms with van der Waals surface area (Å²) in [6.07, 6.45) is 2.10. The van der Waals surface area contributed by atoms with Crippen LogP contribution in [-0.2, 0) is 20.9 Å². The molecular weight excluding hydrogens is 354 g/mol. The van der Waals surface area contributed by atoms with Crippen molar-refractivity contribution >= 4 is 11.9 Å². The Morgan fingerprint density at radius 3 is 2.36 bits per heavy atom.